The number of hydrogen-bond acceptors (Lipinski definition) is 2. The molecule has 1 spiro atoms. The van der Waals surface area contributed by atoms with Crippen LogP contribution in [-0.4, -0.2) is 24.5 Å². The van der Waals surface area contributed by atoms with Gasteiger partial charge in [0.15, 0.2) is 0 Å². The van der Waals surface area contributed by atoms with Crippen LogP contribution < -0.4 is 0 Å². The highest BCUT2D eigenvalue weighted by molar-refractivity contribution is 5.38. The van der Waals surface area contributed by atoms with Crippen LogP contribution >= 0.6 is 0 Å². The highest BCUT2D eigenvalue weighted by Crippen LogP contribution is 2.44. The monoisotopic (exact) mass is 359 g/mol. The third-order valence-corrected chi connectivity index (χ3v) is 6.84. The molecule has 2 heterocycles. The Labute approximate surface area is 162 Å². The highest BCUT2D eigenvalue weighted by Gasteiger charge is 2.42. The van der Waals surface area contributed by atoms with Crippen LogP contribution in [0.2, 0.25) is 0 Å². The SMILES string of the molecule is C(=CC1CCc2ccccc21)CCN1CCC2(CC1)OCc1ccccc12. The highest BCUT2D eigenvalue weighted by atomic mass is 16.5. The normalized spacial score (nSPS) is 23.8. The fraction of sp³-hybridized carbons (Fsp3) is 0.440. The molecule has 3 aliphatic rings. The van der Waals surface area contributed by atoms with E-state index in [2.05, 4.69) is 65.6 Å². The van der Waals surface area contributed by atoms with Crippen LogP contribution in [0.25, 0.3) is 0 Å². The standard InChI is InChI=1S/C25H29NO/c1-3-10-23-20(7-1)12-13-21(23)8-5-6-16-26-17-14-25(15-18-26)24-11-4-2-9-22(24)19-27-25/h1-5,7-11,21H,6,12-19H2. The van der Waals surface area contributed by atoms with Crippen LogP contribution in [0.4, 0.5) is 0 Å². The number of piperidine rings is 1. The number of aryl methyl sites for hydroxylation is 1. The zero-order valence-electron chi connectivity index (χ0n) is 16.1. The molecule has 2 aromatic rings. The fourth-order valence-corrected chi connectivity index (χ4v) is 5.24. The molecule has 0 aromatic heterocycles. The fourth-order valence-electron chi connectivity index (χ4n) is 5.24. The van der Waals surface area contributed by atoms with Gasteiger partial charge >= 0.3 is 0 Å². The predicted molar refractivity (Wildman–Crippen MR) is 110 cm³/mol. The molecule has 1 aliphatic carbocycles. The quantitative estimate of drug-likeness (QED) is 0.697. The molecule has 0 radical (unpaired) electrons. The molecular weight excluding hydrogens is 330 g/mol. The molecule has 2 aromatic carbocycles. The lowest BCUT2D eigenvalue weighted by Crippen LogP contribution is -2.42. The molecule has 0 saturated carbocycles. The largest absolute Gasteiger partial charge is 0.365 e. The van der Waals surface area contributed by atoms with Gasteiger partial charge in [0.1, 0.15) is 0 Å². The van der Waals surface area contributed by atoms with E-state index in [9.17, 15) is 0 Å². The third kappa shape index (κ3) is 3.26. The average Bonchev–Trinajstić information content (AvgIpc) is 3.29. The molecule has 2 aliphatic heterocycles. The van der Waals surface area contributed by atoms with Gasteiger partial charge in [0, 0.05) is 25.6 Å². The van der Waals surface area contributed by atoms with E-state index in [1.165, 1.54) is 30.5 Å². The van der Waals surface area contributed by atoms with Gasteiger partial charge in [-0.2, -0.15) is 0 Å². The summed E-state index contributed by atoms with van der Waals surface area (Å²) in [7, 11) is 0. The zero-order chi connectivity index (χ0) is 18.1. The van der Waals surface area contributed by atoms with E-state index in [1.807, 2.05) is 0 Å². The van der Waals surface area contributed by atoms with Crippen LogP contribution in [0, 0.1) is 0 Å². The Hall–Kier alpha value is -1.90. The van der Waals surface area contributed by atoms with Crippen molar-refractivity contribution < 1.29 is 4.74 Å². The summed E-state index contributed by atoms with van der Waals surface area (Å²) in [5.74, 6) is 0.634. The Morgan fingerprint density at radius 1 is 1.00 bits per heavy atom. The molecule has 0 bridgehead atoms. The number of ether oxygens (including phenoxy) is 1. The molecule has 5 rings (SSSR count). The van der Waals surface area contributed by atoms with Crippen LogP contribution in [0.15, 0.2) is 60.7 Å². The molecule has 27 heavy (non-hydrogen) atoms. The minimum Gasteiger partial charge on any atom is -0.365 e. The van der Waals surface area contributed by atoms with E-state index < -0.39 is 0 Å². The first kappa shape index (κ1) is 17.2. The topological polar surface area (TPSA) is 12.5 Å². The lowest BCUT2D eigenvalue weighted by atomic mass is 9.84. The van der Waals surface area contributed by atoms with Gasteiger partial charge in [-0.25, -0.2) is 0 Å². The number of rotatable bonds is 4. The molecule has 1 unspecified atom stereocenters. The van der Waals surface area contributed by atoms with Gasteiger partial charge in [-0.05, 0) is 54.4 Å². The smallest absolute Gasteiger partial charge is 0.0963 e. The summed E-state index contributed by atoms with van der Waals surface area (Å²) in [4.78, 5) is 2.61. The summed E-state index contributed by atoms with van der Waals surface area (Å²) in [5.41, 5.74) is 5.93. The predicted octanol–water partition coefficient (Wildman–Crippen LogP) is 5.18. The van der Waals surface area contributed by atoms with Crippen molar-refractivity contribution in [1.82, 2.24) is 4.90 Å². The van der Waals surface area contributed by atoms with E-state index in [1.54, 1.807) is 11.1 Å². The summed E-state index contributed by atoms with van der Waals surface area (Å²) >= 11 is 0. The minimum absolute atomic E-state index is 0.00348. The Balaban J connectivity index is 1.13. The molecule has 140 valence electrons. The van der Waals surface area contributed by atoms with Crippen molar-refractivity contribution in [3.8, 4) is 0 Å². The van der Waals surface area contributed by atoms with Crippen molar-refractivity contribution >= 4 is 0 Å². The van der Waals surface area contributed by atoms with Gasteiger partial charge in [0.25, 0.3) is 0 Å². The average molecular weight is 360 g/mol. The van der Waals surface area contributed by atoms with Gasteiger partial charge < -0.3 is 9.64 Å². The number of allylic oxidation sites excluding steroid dienone is 1. The van der Waals surface area contributed by atoms with Crippen molar-refractivity contribution in [3.05, 3.63) is 82.9 Å². The Morgan fingerprint density at radius 3 is 2.67 bits per heavy atom. The second-order valence-electron chi connectivity index (χ2n) is 8.34. The summed E-state index contributed by atoms with van der Waals surface area (Å²) in [6.45, 7) is 4.26. The second kappa shape index (κ2) is 7.26. The van der Waals surface area contributed by atoms with Gasteiger partial charge in [-0.3, -0.25) is 0 Å². The molecule has 2 nitrogen and oxygen atoms in total. The Morgan fingerprint density at radius 2 is 1.78 bits per heavy atom. The van der Waals surface area contributed by atoms with E-state index in [-0.39, 0.29) is 5.60 Å². The third-order valence-electron chi connectivity index (χ3n) is 6.84. The van der Waals surface area contributed by atoms with Crippen molar-refractivity contribution in [2.75, 3.05) is 19.6 Å². The first-order valence-corrected chi connectivity index (χ1v) is 10.5. The molecule has 2 heteroatoms. The van der Waals surface area contributed by atoms with Gasteiger partial charge in [-0.15, -0.1) is 0 Å². The molecule has 0 amide bonds. The van der Waals surface area contributed by atoms with Gasteiger partial charge in [0.05, 0.1) is 12.2 Å². The Bertz CT molecular complexity index is 832. The van der Waals surface area contributed by atoms with E-state index in [4.69, 9.17) is 4.74 Å². The number of likely N-dealkylation sites (tertiary alicyclic amines) is 1. The van der Waals surface area contributed by atoms with Crippen molar-refractivity contribution in [2.24, 2.45) is 0 Å². The molecule has 1 atom stereocenters. The van der Waals surface area contributed by atoms with Crippen LogP contribution in [0.3, 0.4) is 0 Å². The number of nitrogens with zero attached hydrogens (tertiary/aromatic N) is 1. The number of benzene rings is 2. The molecule has 0 N–H and O–H groups in total. The van der Waals surface area contributed by atoms with Crippen LogP contribution in [-0.2, 0) is 23.4 Å². The van der Waals surface area contributed by atoms with E-state index in [0.29, 0.717) is 5.92 Å². The maximum atomic E-state index is 6.29. The zero-order valence-corrected chi connectivity index (χ0v) is 16.1. The molecule has 1 fully saturated rings. The first-order valence-electron chi connectivity index (χ1n) is 10.5. The summed E-state index contributed by atoms with van der Waals surface area (Å²) in [5, 5.41) is 0. The minimum atomic E-state index is -0.00348. The lowest BCUT2D eigenvalue weighted by Gasteiger charge is -2.39. The van der Waals surface area contributed by atoms with E-state index in [0.717, 1.165) is 39.0 Å². The van der Waals surface area contributed by atoms with Crippen LogP contribution in [0.5, 0.6) is 0 Å². The summed E-state index contributed by atoms with van der Waals surface area (Å²) in [6.07, 6.45) is 10.8. The maximum absolute atomic E-state index is 6.29. The lowest BCUT2D eigenvalue weighted by molar-refractivity contribution is -0.0785. The maximum Gasteiger partial charge on any atom is 0.0963 e. The van der Waals surface area contributed by atoms with Gasteiger partial charge in [-0.1, -0.05) is 60.7 Å². The molecule has 1 saturated heterocycles. The van der Waals surface area contributed by atoms with Crippen molar-refractivity contribution in [2.45, 2.75) is 50.2 Å². The van der Waals surface area contributed by atoms with E-state index >= 15 is 0 Å². The first-order chi connectivity index (χ1) is 13.3. The van der Waals surface area contributed by atoms with Crippen molar-refractivity contribution in [3.63, 3.8) is 0 Å². The summed E-state index contributed by atoms with van der Waals surface area (Å²) < 4.78 is 6.29. The summed E-state index contributed by atoms with van der Waals surface area (Å²) in [6, 6.07) is 17.7. The Kier molecular flexibility index (Phi) is 4.63. The van der Waals surface area contributed by atoms with Crippen LogP contribution in [0.1, 0.15) is 53.9 Å². The van der Waals surface area contributed by atoms with Crippen molar-refractivity contribution in [1.29, 1.82) is 0 Å². The second-order valence-corrected chi connectivity index (χ2v) is 8.34. The number of hydrogen-bond donors (Lipinski definition) is 0. The number of fused-ring (bicyclic) bond motifs is 3. The van der Waals surface area contributed by atoms with Gasteiger partial charge in [0.2, 0.25) is 0 Å². The molecular formula is C25H29NO.